The number of hydrogen-bond donors (Lipinski definition) is 1. The average molecular weight is 266 g/mol. The van der Waals surface area contributed by atoms with Crippen molar-refractivity contribution in [1.29, 1.82) is 5.26 Å². The third kappa shape index (κ3) is 23.0. The van der Waals surface area contributed by atoms with Crippen LogP contribution < -0.4 is 0 Å². The number of nitrogens with zero attached hydrogens (tertiary/aromatic N) is 2. The quantitative estimate of drug-likeness (QED) is 0.462. The predicted octanol–water partition coefficient (Wildman–Crippen LogP) is 3.08. The molecule has 0 aliphatic heterocycles. The summed E-state index contributed by atoms with van der Waals surface area (Å²) in [5.41, 5.74) is 0. The lowest BCUT2D eigenvalue weighted by Crippen LogP contribution is -2.25. The largest absolute Gasteiger partial charge is 0.392 e. The number of aliphatic hydroxyl groups excluding tert-OH is 1. The third-order valence-electron chi connectivity index (χ3n) is 2.97. The van der Waals surface area contributed by atoms with Crippen LogP contribution in [0.15, 0.2) is 0 Å². The van der Waals surface area contributed by atoms with Gasteiger partial charge in [-0.15, -0.1) is 0 Å². The molecule has 0 aliphatic rings. The maximum Gasteiger partial charge on any atom is 0.229 e. The van der Waals surface area contributed by atoms with Crippen LogP contribution in [0.3, 0.4) is 0 Å². The van der Waals surface area contributed by atoms with Crippen LogP contribution in [-0.2, 0) is 0 Å². The van der Waals surface area contributed by atoms with Gasteiger partial charge in [-0.25, -0.2) is 5.26 Å². The lowest BCUT2D eigenvalue weighted by Gasteiger charge is -2.15. The third-order valence-corrected chi connectivity index (χ3v) is 2.97. The monoisotopic (exact) mass is 266 g/mol. The van der Waals surface area contributed by atoms with E-state index in [1.807, 2.05) is 14.1 Å². The van der Waals surface area contributed by atoms with Crippen LogP contribution in [0.5, 0.6) is 0 Å². The lowest BCUT2D eigenvalue weighted by atomic mass is 10.1. The molecule has 19 heavy (non-hydrogen) atoms. The minimum Gasteiger partial charge on any atom is -0.392 e. The van der Waals surface area contributed by atoms with Gasteiger partial charge in [0.15, 0.2) is 0 Å². The predicted molar refractivity (Wildman–Crippen MR) is 83.2 cm³/mol. The summed E-state index contributed by atoms with van der Waals surface area (Å²) in [5.74, 6) is 1.25. The molecule has 4 heteroatoms. The van der Waals surface area contributed by atoms with Gasteiger partial charge in [-0.1, -0.05) is 58.3 Å². The Kier molecular flexibility index (Phi) is 19.1. The highest BCUT2D eigenvalue weighted by Gasteiger charge is 2.04. The van der Waals surface area contributed by atoms with E-state index in [9.17, 15) is 5.11 Å². The summed E-state index contributed by atoms with van der Waals surface area (Å²) in [4.78, 5) is 2.05. The van der Waals surface area contributed by atoms with Gasteiger partial charge >= 0.3 is 0 Å². The van der Waals surface area contributed by atoms with Crippen molar-refractivity contribution in [2.75, 3.05) is 20.6 Å². The first-order chi connectivity index (χ1) is 9.08. The van der Waals surface area contributed by atoms with E-state index in [4.69, 9.17) is 5.26 Å². The summed E-state index contributed by atoms with van der Waals surface area (Å²) in [6, 6.07) is 0. The minimum atomic E-state index is -0.130. The van der Waals surface area contributed by atoms with Gasteiger partial charge in [-0.05, 0) is 26.5 Å². The second-order valence-electron chi connectivity index (χ2n) is 5.31. The second kappa shape index (κ2) is 17.5. The Balaban J connectivity index is 0. The van der Waals surface area contributed by atoms with Gasteiger partial charge in [-0.3, -0.25) is 0 Å². The lowest BCUT2D eigenvalue weighted by molar-refractivity contribution is 0.125. The highest BCUT2D eigenvalue weighted by Crippen LogP contribution is 2.10. The zero-order valence-electron chi connectivity index (χ0n) is 13.1. The topological polar surface area (TPSA) is 47.3 Å². The number of likely N-dealkylation sites (N-methyl/N-ethyl adjacent to an activating group) is 1. The molecule has 1 unspecified atom stereocenters. The van der Waals surface area contributed by atoms with Gasteiger partial charge in [0.1, 0.15) is 0 Å². The van der Waals surface area contributed by atoms with Crippen molar-refractivity contribution in [2.45, 2.75) is 70.8 Å². The highest BCUT2D eigenvalue weighted by atomic mass is 16.3. The summed E-state index contributed by atoms with van der Waals surface area (Å²) >= 11 is 0. The molecule has 0 saturated carbocycles. The summed E-state index contributed by atoms with van der Waals surface area (Å²) in [6.07, 6.45) is 11.6. The van der Waals surface area contributed by atoms with E-state index in [2.05, 4.69) is 19.7 Å². The van der Waals surface area contributed by atoms with Crippen molar-refractivity contribution in [3.63, 3.8) is 0 Å². The Morgan fingerprint density at radius 2 is 1.47 bits per heavy atom. The zero-order valence-corrected chi connectivity index (χ0v) is 13.1. The fourth-order valence-electron chi connectivity index (χ4n) is 2.03. The van der Waals surface area contributed by atoms with Crippen LogP contribution >= 0.6 is 0 Å². The van der Waals surface area contributed by atoms with E-state index >= 15 is 0 Å². The van der Waals surface area contributed by atoms with Gasteiger partial charge in [-0.2, -0.15) is 0 Å². The standard InChI is InChI=1S/C14H31NO.CBN/c1-4-5-6-7-8-9-10-11-12-14(16)13-15(2)3;2-1-3/h14,16H,4-13H2,1-3H3;. The second-order valence-corrected chi connectivity index (χ2v) is 5.31. The first-order valence-corrected chi connectivity index (χ1v) is 7.50. The molecule has 110 valence electrons. The molecule has 0 rings (SSSR count). The molecule has 0 bridgehead atoms. The highest BCUT2D eigenvalue weighted by molar-refractivity contribution is 6.20. The maximum absolute atomic E-state index is 9.65. The van der Waals surface area contributed by atoms with E-state index < -0.39 is 0 Å². The molecule has 0 saturated heterocycles. The Hall–Kier alpha value is -0.525. The SMILES string of the molecule is CCCCCCCCCCC(O)CN(C)C.[B]C#N. The van der Waals surface area contributed by atoms with E-state index in [0.717, 1.165) is 13.0 Å². The Morgan fingerprint density at radius 1 is 1.05 bits per heavy atom. The minimum absolute atomic E-state index is 0.130. The molecule has 0 heterocycles. The van der Waals surface area contributed by atoms with E-state index in [1.54, 1.807) is 0 Å². The van der Waals surface area contributed by atoms with Crippen molar-refractivity contribution >= 4 is 7.85 Å². The number of rotatable bonds is 11. The van der Waals surface area contributed by atoms with Crippen LogP contribution in [0.25, 0.3) is 0 Å². The molecule has 2 radical (unpaired) electrons. The van der Waals surface area contributed by atoms with E-state index in [0.29, 0.717) is 0 Å². The van der Waals surface area contributed by atoms with E-state index in [1.165, 1.54) is 57.3 Å². The van der Waals surface area contributed by atoms with Gasteiger partial charge in [0.2, 0.25) is 7.85 Å². The average Bonchev–Trinajstić information content (AvgIpc) is 2.32. The zero-order chi connectivity index (χ0) is 14.9. The molecule has 1 atom stereocenters. The maximum atomic E-state index is 9.65. The van der Waals surface area contributed by atoms with Gasteiger partial charge in [0.05, 0.1) is 6.10 Å². The van der Waals surface area contributed by atoms with Crippen LogP contribution in [0.2, 0.25) is 0 Å². The summed E-state index contributed by atoms with van der Waals surface area (Å²) < 4.78 is 0. The number of unbranched alkanes of at least 4 members (excludes halogenated alkanes) is 7. The van der Waals surface area contributed by atoms with Crippen LogP contribution in [0, 0.1) is 11.2 Å². The van der Waals surface area contributed by atoms with Gasteiger partial charge in [0, 0.05) is 6.54 Å². The molecular formula is C15H31BN2O. The molecule has 0 fully saturated rings. The Morgan fingerprint density at radius 3 is 1.89 bits per heavy atom. The van der Waals surface area contributed by atoms with Crippen molar-refractivity contribution in [3.05, 3.63) is 0 Å². The fourth-order valence-corrected chi connectivity index (χ4v) is 2.03. The molecule has 0 amide bonds. The summed E-state index contributed by atoms with van der Waals surface area (Å²) in [7, 11) is 8.17. The van der Waals surface area contributed by atoms with Crippen molar-refractivity contribution in [3.8, 4) is 5.97 Å². The molecule has 0 aromatic carbocycles. The summed E-state index contributed by atoms with van der Waals surface area (Å²) in [5, 5.41) is 16.7. The molecule has 0 spiro atoms. The van der Waals surface area contributed by atoms with Crippen molar-refractivity contribution < 1.29 is 5.11 Å². The molecule has 3 nitrogen and oxygen atoms in total. The first-order valence-electron chi connectivity index (χ1n) is 7.50. The number of nitriles is 1. The normalized spacial score (nSPS) is 11.6. The number of aliphatic hydroxyl groups is 1. The number of hydrogen-bond acceptors (Lipinski definition) is 3. The van der Waals surface area contributed by atoms with Crippen LogP contribution in [-0.4, -0.2) is 44.6 Å². The van der Waals surface area contributed by atoms with Gasteiger partial charge in [0.25, 0.3) is 0 Å². The molecule has 0 aromatic heterocycles. The molecule has 1 N–H and O–H groups in total. The molecular weight excluding hydrogens is 235 g/mol. The van der Waals surface area contributed by atoms with Crippen LogP contribution in [0.1, 0.15) is 64.7 Å². The van der Waals surface area contributed by atoms with Crippen molar-refractivity contribution in [1.82, 2.24) is 4.90 Å². The van der Waals surface area contributed by atoms with E-state index in [-0.39, 0.29) is 6.10 Å². The Bertz CT molecular complexity index is 205. The molecule has 0 aromatic rings. The fraction of sp³-hybridized carbons (Fsp3) is 0.933. The van der Waals surface area contributed by atoms with Gasteiger partial charge < -0.3 is 10.0 Å². The Labute approximate surface area is 121 Å². The first kappa shape index (κ1) is 20.8. The molecule has 0 aliphatic carbocycles. The summed E-state index contributed by atoms with van der Waals surface area (Å²) in [6.45, 7) is 3.06. The smallest absolute Gasteiger partial charge is 0.229 e. The van der Waals surface area contributed by atoms with Crippen molar-refractivity contribution in [2.24, 2.45) is 0 Å². The van der Waals surface area contributed by atoms with Crippen LogP contribution in [0.4, 0.5) is 0 Å².